The van der Waals surface area contributed by atoms with Crippen LogP contribution in [-0.2, 0) is 9.59 Å². The fourth-order valence-corrected chi connectivity index (χ4v) is 4.47. The van der Waals surface area contributed by atoms with E-state index in [9.17, 15) is 14.7 Å². The maximum atomic E-state index is 13.3. The fraction of sp³-hybridized carbons (Fsp3) is 0.385. The van der Waals surface area contributed by atoms with Crippen molar-refractivity contribution in [1.29, 1.82) is 0 Å². The molecule has 0 saturated carbocycles. The summed E-state index contributed by atoms with van der Waals surface area (Å²) in [5.41, 5.74) is 1.01. The monoisotopic (exact) mass is 482 g/mol. The number of aliphatic hydroxyl groups is 1. The third kappa shape index (κ3) is 4.51. The van der Waals surface area contributed by atoms with Crippen LogP contribution < -0.4 is 18.9 Å². The van der Waals surface area contributed by atoms with E-state index < -0.39 is 17.7 Å². The van der Waals surface area contributed by atoms with Gasteiger partial charge >= 0.3 is 0 Å². The summed E-state index contributed by atoms with van der Waals surface area (Å²) in [7, 11) is 3.05. The first-order chi connectivity index (χ1) is 16.9. The van der Waals surface area contributed by atoms with E-state index in [2.05, 4.69) is 4.90 Å². The van der Waals surface area contributed by atoms with E-state index in [4.69, 9.17) is 18.9 Å². The highest BCUT2D eigenvalue weighted by Gasteiger charge is 2.46. The standard InChI is InChI=1S/C26H30N2O7/c1-5-27(6-2)11-12-28-23(16-7-9-18(32-3)20(13-16)33-4)22(25(30)26(28)31)24(29)17-8-10-19-21(14-17)35-15-34-19/h7-10,13-14,23,29H,5-6,11-12,15H2,1-4H3/b24-22+. The normalized spacial score (nSPS) is 18.4. The summed E-state index contributed by atoms with van der Waals surface area (Å²) in [4.78, 5) is 30.2. The van der Waals surface area contributed by atoms with Gasteiger partial charge in [0.2, 0.25) is 6.79 Å². The first kappa shape index (κ1) is 24.4. The second kappa shape index (κ2) is 10.3. The SMILES string of the molecule is CCN(CC)CCN1C(=O)C(=O)/C(=C(/O)c2ccc3c(c2)OCO3)C1c1ccc(OC)c(OC)c1. The van der Waals surface area contributed by atoms with E-state index in [0.717, 1.165) is 13.1 Å². The highest BCUT2D eigenvalue weighted by Crippen LogP contribution is 2.43. The number of likely N-dealkylation sites (N-methyl/N-ethyl adjacent to an activating group) is 1. The third-order valence-corrected chi connectivity index (χ3v) is 6.46. The van der Waals surface area contributed by atoms with Crippen molar-refractivity contribution in [3.8, 4) is 23.0 Å². The molecule has 1 amide bonds. The summed E-state index contributed by atoms with van der Waals surface area (Å²) in [5, 5.41) is 11.3. The summed E-state index contributed by atoms with van der Waals surface area (Å²) in [6.07, 6.45) is 0. The molecule has 9 nitrogen and oxygen atoms in total. The largest absolute Gasteiger partial charge is 0.507 e. The molecule has 2 aliphatic rings. The van der Waals surface area contributed by atoms with Crippen molar-refractivity contribution in [2.45, 2.75) is 19.9 Å². The molecule has 2 aliphatic heterocycles. The molecule has 35 heavy (non-hydrogen) atoms. The number of carbonyl (C=O) groups excluding carboxylic acids is 2. The molecule has 2 aromatic rings. The molecule has 2 aromatic carbocycles. The number of fused-ring (bicyclic) bond motifs is 1. The number of hydrogen-bond donors (Lipinski definition) is 1. The van der Waals surface area contributed by atoms with Gasteiger partial charge in [0.1, 0.15) is 5.76 Å². The van der Waals surface area contributed by atoms with Gasteiger partial charge in [-0.05, 0) is 49.0 Å². The van der Waals surface area contributed by atoms with Gasteiger partial charge in [0.25, 0.3) is 11.7 Å². The summed E-state index contributed by atoms with van der Waals surface area (Å²) in [6, 6.07) is 9.33. The van der Waals surface area contributed by atoms with Crippen LogP contribution in [0.4, 0.5) is 0 Å². The van der Waals surface area contributed by atoms with Crippen molar-refractivity contribution >= 4 is 17.4 Å². The lowest BCUT2D eigenvalue weighted by molar-refractivity contribution is -0.140. The van der Waals surface area contributed by atoms with Gasteiger partial charge in [0, 0.05) is 18.7 Å². The van der Waals surface area contributed by atoms with E-state index in [-0.39, 0.29) is 18.1 Å². The van der Waals surface area contributed by atoms with Gasteiger partial charge in [-0.3, -0.25) is 9.59 Å². The van der Waals surface area contributed by atoms with Crippen LogP contribution in [0, 0.1) is 0 Å². The topological polar surface area (TPSA) is 97.8 Å². The number of Topliss-reactive ketones (excluding diaryl/α,β-unsaturated/α-hetero) is 1. The Kier molecular flexibility index (Phi) is 7.16. The number of benzene rings is 2. The quantitative estimate of drug-likeness (QED) is 0.331. The first-order valence-corrected chi connectivity index (χ1v) is 11.6. The smallest absolute Gasteiger partial charge is 0.295 e. The van der Waals surface area contributed by atoms with Crippen molar-refractivity contribution in [1.82, 2.24) is 9.80 Å². The molecule has 0 aliphatic carbocycles. The highest BCUT2D eigenvalue weighted by atomic mass is 16.7. The van der Waals surface area contributed by atoms with Crippen LogP contribution in [0.5, 0.6) is 23.0 Å². The number of amides is 1. The predicted octanol–water partition coefficient (Wildman–Crippen LogP) is 3.20. The minimum absolute atomic E-state index is 0.0145. The molecule has 9 heteroatoms. The molecular weight excluding hydrogens is 452 g/mol. The minimum Gasteiger partial charge on any atom is -0.507 e. The Morgan fingerprint density at radius 3 is 2.43 bits per heavy atom. The Hall–Kier alpha value is -3.72. The van der Waals surface area contributed by atoms with E-state index in [1.165, 1.54) is 19.1 Å². The number of rotatable bonds is 9. The maximum Gasteiger partial charge on any atom is 0.295 e. The van der Waals surface area contributed by atoms with Crippen LogP contribution in [0.25, 0.3) is 5.76 Å². The van der Waals surface area contributed by atoms with E-state index in [0.29, 0.717) is 47.2 Å². The molecule has 186 valence electrons. The number of aliphatic hydroxyl groups excluding tert-OH is 1. The number of nitrogens with zero attached hydrogens (tertiary/aromatic N) is 2. The van der Waals surface area contributed by atoms with Gasteiger partial charge in [0.05, 0.1) is 25.8 Å². The molecule has 2 heterocycles. The molecule has 4 rings (SSSR count). The Morgan fingerprint density at radius 1 is 1.03 bits per heavy atom. The van der Waals surface area contributed by atoms with Gasteiger partial charge in [0.15, 0.2) is 23.0 Å². The molecule has 1 fully saturated rings. The Balaban J connectivity index is 1.82. The molecule has 0 bridgehead atoms. The first-order valence-electron chi connectivity index (χ1n) is 11.6. The summed E-state index contributed by atoms with van der Waals surface area (Å²) >= 11 is 0. The van der Waals surface area contributed by atoms with E-state index in [1.807, 2.05) is 13.8 Å². The molecule has 1 N–H and O–H groups in total. The lowest BCUT2D eigenvalue weighted by Crippen LogP contribution is -2.38. The zero-order chi connectivity index (χ0) is 25.1. The number of carbonyl (C=O) groups is 2. The highest BCUT2D eigenvalue weighted by molar-refractivity contribution is 6.46. The van der Waals surface area contributed by atoms with Crippen LogP contribution in [0.2, 0.25) is 0 Å². The summed E-state index contributed by atoms with van der Waals surface area (Å²) in [6.45, 7) is 6.72. The van der Waals surface area contributed by atoms with Gasteiger partial charge in [-0.2, -0.15) is 0 Å². The van der Waals surface area contributed by atoms with E-state index in [1.54, 1.807) is 36.4 Å². The van der Waals surface area contributed by atoms with Crippen molar-refractivity contribution in [2.75, 3.05) is 47.2 Å². The van der Waals surface area contributed by atoms with Crippen LogP contribution in [0.1, 0.15) is 31.0 Å². The maximum absolute atomic E-state index is 13.3. The van der Waals surface area contributed by atoms with Gasteiger partial charge in [-0.15, -0.1) is 0 Å². The number of methoxy groups -OCH3 is 2. The molecule has 1 unspecified atom stereocenters. The van der Waals surface area contributed by atoms with Crippen molar-refractivity contribution in [3.05, 3.63) is 53.1 Å². The second-order valence-corrected chi connectivity index (χ2v) is 8.20. The summed E-state index contributed by atoms with van der Waals surface area (Å²) < 4.78 is 21.6. The molecule has 0 spiro atoms. The molecule has 1 atom stereocenters. The van der Waals surface area contributed by atoms with Crippen LogP contribution in [0.15, 0.2) is 42.0 Å². The average molecular weight is 483 g/mol. The predicted molar refractivity (Wildman–Crippen MR) is 129 cm³/mol. The Labute approximate surface area is 204 Å². The summed E-state index contributed by atoms with van der Waals surface area (Å²) in [5.74, 6) is 0.338. The lowest BCUT2D eigenvalue weighted by atomic mass is 9.95. The second-order valence-electron chi connectivity index (χ2n) is 8.20. The van der Waals surface area contributed by atoms with Gasteiger partial charge in [-0.25, -0.2) is 0 Å². The van der Waals surface area contributed by atoms with Crippen LogP contribution in [-0.4, -0.2) is 73.8 Å². The Morgan fingerprint density at radius 2 is 1.74 bits per heavy atom. The Bertz CT molecular complexity index is 1160. The molecule has 0 radical (unpaired) electrons. The molecule has 0 aromatic heterocycles. The van der Waals surface area contributed by atoms with Crippen LogP contribution in [0.3, 0.4) is 0 Å². The number of ether oxygens (including phenoxy) is 4. The van der Waals surface area contributed by atoms with Crippen molar-refractivity contribution < 1.29 is 33.6 Å². The van der Waals surface area contributed by atoms with Crippen LogP contribution >= 0.6 is 0 Å². The average Bonchev–Trinajstić information content (AvgIpc) is 3.46. The zero-order valence-electron chi connectivity index (χ0n) is 20.4. The van der Waals surface area contributed by atoms with Crippen molar-refractivity contribution in [2.24, 2.45) is 0 Å². The van der Waals surface area contributed by atoms with Gasteiger partial charge < -0.3 is 33.9 Å². The number of ketones is 1. The number of likely N-dealkylation sites (tertiary alicyclic amines) is 1. The molecule has 1 saturated heterocycles. The van der Waals surface area contributed by atoms with E-state index >= 15 is 0 Å². The van der Waals surface area contributed by atoms with Gasteiger partial charge in [-0.1, -0.05) is 19.9 Å². The third-order valence-electron chi connectivity index (χ3n) is 6.46. The minimum atomic E-state index is -0.796. The van der Waals surface area contributed by atoms with Crippen molar-refractivity contribution in [3.63, 3.8) is 0 Å². The zero-order valence-corrected chi connectivity index (χ0v) is 20.4. The lowest BCUT2D eigenvalue weighted by Gasteiger charge is -2.28. The molecular formula is C26H30N2O7. The fourth-order valence-electron chi connectivity index (χ4n) is 4.47. The number of hydrogen-bond acceptors (Lipinski definition) is 8.